The first-order chi connectivity index (χ1) is 9.74. The van der Waals surface area contributed by atoms with Crippen LogP contribution in [0.1, 0.15) is 0 Å². The van der Waals surface area contributed by atoms with Gasteiger partial charge in [0.2, 0.25) is 0 Å². The molecule has 0 fully saturated rings. The lowest BCUT2D eigenvalue weighted by Gasteiger charge is -2.07. The fourth-order valence-electron chi connectivity index (χ4n) is 1.92. The molecule has 3 rings (SSSR count). The maximum absolute atomic E-state index is 5.87. The number of imidazole rings is 1. The highest BCUT2D eigenvalue weighted by Crippen LogP contribution is 2.28. The zero-order valence-electron chi connectivity index (χ0n) is 10.7. The van der Waals surface area contributed by atoms with Gasteiger partial charge in [0.05, 0.1) is 0 Å². The Hall–Kier alpha value is -2.95. The summed E-state index contributed by atoms with van der Waals surface area (Å²) in [5.74, 6) is 7.56. The van der Waals surface area contributed by atoms with Crippen LogP contribution in [-0.2, 0) is 0 Å². The number of para-hydroxylation sites is 1. The van der Waals surface area contributed by atoms with Crippen LogP contribution in [0, 0.1) is 0 Å². The predicted molar refractivity (Wildman–Crippen MR) is 78.7 cm³/mol. The van der Waals surface area contributed by atoms with Crippen molar-refractivity contribution in [2.24, 2.45) is 0 Å². The number of rotatable bonds is 3. The first kappa shape index (κ1) is 12.1. The van der Waals surface area contributed by atoms with Crippen LogP contribution >= 0.6 is 0 Å². The molecular weight excluding hydrogens is 252 g/mol. The summed E-state index contributed by atoms with van der Waals surface area (Å²) in [6, 6.07) is 17.2. The van der Waals surface area contributed by atoms with Gasteiger partial charge >= 0.3 is 0 Å². The van der Waals surface area contributed by atoms with Gasteiger partial charge in [0.25, 0.3) is 0 Å². The fraction of sp³-hybridized carbons (Fsp3) is 0. The van der Waals surface area contributed by atoms with Crippen LogP contribution in [-0.4, -0.2) is 9.66 Å². The maximum atomic E-state index is 5.87. The molecule has 5 nitrogen and oxygen atoms in total. The first-order valence-electron chi connectivity index (χ1n) is 6.15. The molecular formula is C15H14N4O. The molecule has 1 heterocycles. The summed E-state index contributed by atoms with van der Waals surface area (Å²) in [5.41, 5.74) is 7.38. The first-order valence-corrected chi connectivity index (χ1v) is 6.15. The Labute approximate surface area is 116 Å². The quantitative estimate of drug-likeness (QED) is 0.714. The van der Waals surface area contributed by atoms with E-state index in [0.29, 0.717) is 11.5 Å². The lowest BCUT2D eigenvalue weighted by atomic mass is 10.1. The second-order valence-corrected chi connectivity index (χ2v) is 4.33. The van der Waals surface area contributed by atoms with Crippen LogP contribution in [0.4, 0.5) is 5.82 Å². The average Bonchev–Trinajstić information content (AvgIpc) is 2.80. The van der Waals surface area contributed by atoms with Gasteiger partial charge in [-0.15, -0.1) is 0 Å². The molecule has 5 heteroatoms. The number of nitrogens with zero attached hydrogens (tertiary/aromatic N) is 2. The lowest BCUT2D eigenvalue weighted by Crippen LogP contribution is -2.09. The Morgan fingerprint density at radius 3 is 2.40 bits per heavy atom. The van der Waals surface area contributed by atoms with Crippen LogP contribution in [0.15, 0.2) is 60.9 Å². The maximum Gasteiger partial charge on any atom is 0.150 e. The number of benzene rings is 2. The van der Waals surface area contributed by atoms with E-state index >= 15 is 0 Å². The summed E-state index contributed by atoms with van der Waals surface area (Å²) in [6.07, 6.45) is 1.48. The molecule has 0 atom stereocenters. The topological polar surface area (TPSA) is 79.1 Å². The summed E-state index contributed by atoms with van der Waals surface area (Å²) in [7, 11) is 0. The van der Waals surface area contributed by atoms with Gasteiger partial charge < -0.3 is 16.3 Å². The van der Waals surface area contributed by atoms with Crippen molar-refractivity contribution >= 4 is 5.82 Å². The van der Waals surface area contributed by atoms with Crippen molar-refractivity contribution in [3.63, 3.8) is 0 Å². The summed E-state index contributed by atoms with van der Waals surface area (Å²) in [6.45, 7) is 0. The van der Waals surface area contributed by atoms with Crippen molar-refractivity contribution in [2.75, 3.05) is 11.6 Å². The van der Waals surface area contributed by atoms with E-state index in [9.17, 15) is 0 Å². The Bertz CT molecular complexity index is 722. The molecule has 0 bridgehead atoms. The third kappa shape index (κ3) is 2.29. The van der Waals surface area contributed by atoms with Crippen molar-refractivity contribution in [3.05, 3.63) is 60.9 Å². The van der Waals surface area contributed by atoms with E-state index in [2.05, 4.69) is 4.98 Å². The van der Waals surface area contributed by atoms with Gasteiger partial charge in [-0.1, -0.05) is 30.3 Å². The zero-order valence-corrected chi connectivity index (χ0v) is 10.7. The van der Waals surface area contributed by atoms with Gasteiger partial charge in [0, 0.05) is 5.56 Å². The number of nitrogen functional groups attached to an aromatic ring is 2. The standard InChI is InChI=1S/C15H14N4O/c16-15-14(18-10-19(15)17)11-5-4-8-13(9-11)20-12-6-2-1-3-7-12/h1-10H,16-17H2. The SMILES string of the molecule is Nc1c(-c2cccc(Oc3ccccc3)c2)ncn1N. The van der Waals surface area contributed by atoms with E-state index in [1.165, 1.54) is 11.0 Å². The number of nitrogens with two attached hydrogens (primary N) is 2. The third-order valence-electron chi connectivity index (χ3n) is 2.92. The lowest BCUT2D eigenvalue weighted by molar-refractivity contribution is 0.483. The van der Waals surface area contributed by atoms with E-state index in [0.717, 1.165) is 17.1 Å². The molecule has 0 unspecified atom stereocenters. The summed E-state index contributed by atoms with van der Waals surface area (Å²) in [5, 5.41) is 0. The van der Waals surface area contributed by atoms with Gasteiger partial charge in [-0.25, -0.2) is 9.66 Å². The third-order valence-corrected chi connectivity index (χ3v) is 2.92. The number of hydrogen-bond acceptors (Lipinski definition) is 4. The minimum absolute atomic E-state index is 0.418. The monoisotopic (exact) mass is 266 g/mol. The molecule has 4 N–H and O–H groups in total. The second kappa shape index (κ2) is 4.97. The minimum Gasteiger partial charge on any atom is -0.457 e. The molecule has 0 radical (unpaired) electrons. The molecule has 0 amide bonds. The van der Waals surface area contributed by atoms with E-state index < -0.39 is 0 Å². The second-order valence-electron chi connectivity index (χ2n) is 4.33. The molecule has 1 aromatic heterocycles. The van der Waals surface area contributed by atoms with E-state index in [1.54, 1.807) is 0 Å². The largest absolute Gasteiger partial charge is 0.457 e. The number of aromatic nitrogens is 2. The highest BCUT2D eigenvalue weighted by molar-refractivity contribution is 5.71. The van der Waals surface area contributed by atoms with Gasteiger partial charge in [0.1, 0.15) is 29.3 Å². The van der Waals surface area contributed by atoms with Crippen LogP contribution in [0.2, 0.25) is 0 Å². The van der Waals surface area contributed by atoms with E-state index in [4.69, 9.17) is 16.3 Å². The minimum atomic E-state index is 0.418. The summed E-state index contributed by atoms with van der Waals surface area (Å²) < 4.78 is 7.07. The van der Waals surface area contributed by atoms with Gasteiger partial charge in [0.15, 0.2) is 0 Å². The smallest absolute Gasteiger partial charge is 0.150 e. The van der Waals surface area contributed by atoms with E-state index in [1.807, 2.05) is 54.6 Å². The Morgan fingerprint density at radius 1 is 0.950 bits per heavy atom. The van der Waals surface area contributed by atoms with Gasteiger partial charge in [-0.05, 0) is 24.3 Å². The Morgan fingerprint density at radius 2 is 1.70 bits per heavy atom. The van der Waals surface area contributed by atoms with Crippen molar-refractivity contribution in [2.45, 2.75) is 0 Å². The van der Waals surface area contributed by atoms with Crippen LogP contribution in [0.25, 0.3) is 11.3 Å². The van der Waals surface area contributed by atoms with Crippen molar-refractivity contribution < 1.29 is 4.74 Å². The number of hydrogen-bond donors (Lipinski definition) is 2. The molecule has 2 aromatic carbocycles. The molecule has 0 aliphatic rings. The molecule has 0 aliphatic heterocycles. The normalized spacial score (nSPS) is 10.4. The number of ether oxygens (including phenoxy) is 1. The molecule has 0 saturated carbocycles. The molecule has 0 saturated heterocycles. The summed E-state index contributed by atoms with van der Waals surface area (Å²) in [4.78, 5) is 4.19. The molecule has 3 aromatic rings. The molecule has 0 aliphatic carbocycles. The number of anilines is 1. The van der Waals surface area contributed by atoms with Crippen molar-refractivity contribution in [1.29, 1.82) is 0 Å². The summed E-state index contributed by atoms with van der Waals surface area (Å²) >= 11 is 0. The van der Waals surface area contributed by atoms with E-state index in [-0.39, 0.29) is 0 Å². The Balaban J connectivity index is 1.92. The Kier molecular flexibility index (Phi) is 3.01. The predicted octanol–water partition coefficient (Wildman–Crippen LogP) is 2.64. The molecule has 100 valence electrons. The van der Waals surface area contributed by atoms with Crippen LogP contribution in [0.5, 0.6) is 11.5 Å². The molecule has 0 spiro atoms. The highest BCUT2D eigenvalue weighted by atomic mass is 16.5. The highest BCUT2D eigenvalue weighted by Gasteiger charge is 2.09. The van der Waals surface area contributed by atoms with Crippen molar-refractivity contribution in [3.8, 4) is 22.8 Å². The zero-order chi connectivity index (χ0) is 13.9. The van der Waals surface area contributed by atoms with Crippen LogP contribution in [0.3, 0.4) is 0 Å². The fourth-order valence-corrected chi connectivity index (χ4v) is 1.92. The molecule has 20 heavy (non-hydrogen) atoms. The van der Waals surface area contributed by atoms with Gasteiger partial charge in [-0.3, -0.25) is 0 Å². The van der Waals surface area contributed by atoms with Crippen molar-refractivity contribution in [1.82, 2.24) is 9.66 Å². The van der Waals surface area contributed by atoms with Crippen LogP contribution < -0.4 is 16.3 Å². The average molecular weight is 266 g/mol. The van der Waals surface area contributed by atoms with Gasteiger partial charge in [-0.2, -0.15) is 0 Å².